The first-order chi connectivity index (χ1) is 15.7. The van der Waals surface area contributed by atoms with Crippen molar-refractivity contribution in [2.45, 2.75) is 19.8 Å². The zero-order valence-electron chi connectivity index (χ0n) is 18.9. The van der Waals surface area contributed by atoms with Crippen molar-refractivity contribution in [1.82, 2.24) is 29.4 Å². The molecule has 3 aromatic heterocycles. The van der Waals surface area contributed by atoms with Crippen LogP contribution in [0.25, 0.3) is 27.9 Å². The van der Waals surface area contributed by atoms with E-state index in [-0.39, 0.29) is 0 Å². The van der Waals surface area contributed by atoms with Gasteiger partial charge >= 0.3 is 0 Å². The van der Waals surface area contributed by atoms with E-state index in [9.17, 15) is 0 Å². The Morgan fingerprint density at radius 1 is 0.875 bits per heavy atom. The van der Waals surface area contributed by atoms with E-state index in [0.29, 0.717) is 0 Å². The van der Waals surface area contributed by atoms with Gasteiger partial charge in [0.05, 0.1) is 5.69 Å². The minimum absolute atomic E-state index is 0.873. The van der Waals surface area contributed by atoms with Crippen LogP contribution in [0.15, 0.2) is 61.2 Å². The third-order valence-corrected chi connectivity index (χ3v) is 6.44. The van der Waals surface area contributed by atoms with Crippen LogP contribution < -0.4 is 0 Å². The van der Waals surface area contributed by atoms with Crippen LogP contribution in [0.5, 0.6) is 0 Å². The summed E-state index contributed by atoms with van der Waals surface area (Å²) in [5, 5.41) is 4.71. The summed E-state index contributed by atoms with van der Waals surface area (Å²) in [5.41, 5.74) is 7.63. The molecule has 0 unspecified atom stereocenters. The van der Waals surface area contributed by atoms with Crippen LogP contribution in [0.4, 0.5) is 0 Å². The number of aromatic nitrogens is 4. The van der Waals surface area contributed by atoms with Crippen LogP contribution in [0, 0.1) is 6.92 Å². The molecule has 1 fully saturated rings. The molecule has 32 heavy (non-hydrogen) atoms. The summed E-state index contributed by atoms with van der Waals surface area (Å²) in [6.07, 6.45) is 9.96. The lowest BCUT2D eigenvalue weighted by Crippen LogP contribution is -2.44. The van der Waals surface area contributed by atoms with Crippen molar-refractivity contribution < 1.29 is 0 Å². The SMILES string of the molecule is Cc1nn2cc(-c3ccc(CCCN4CCN(C)CC4)cc3)cnc2c1-c1ccncc1. The molecule has 164 valence electrons. The number of hydrogen-bond acceptors (Lipinski definition) is 5. The highest BCUT2D eigenvalue weighted by Gasteiger charge is 2.14. The van der Waals surface area contributed by atoms with Crippen LogP contribution in [0.3, 0.4) is 0 Å². The number of hydrogen-bond donors (Lipinski definition) is 0. The molecule has 0 radical (unpaired) electrons. The Hall–Kier alpha value is -3.09. The Balaban J connectivity index is 1.27. The lowest BCUT2D eigenvalue weighted by atomic mass is 10.0. The first kappa shape index (κ1) is 20.8. The molecule has 0 atom stereocenters. The van der Waals surface area contributed by atoms with Gasteiger partial charge in [0, 0.05) is 62.1 Å². The summed E-state index contributed by atoms with van der Waals surface area (Å²) in [4.78, 5) is 13.9. The zero-order valence-corrected chi connectivity index (χ0v) is 18.9. The van der Waals surface area contributed by atoms with Gasteiger partial charge in [-0.1, -0.05) is 24.3 Å². The van der Waals surface area contributed by atoms with Crippen molar-refractivity contribution in [3.63, 3.8) is 0 Å². The lowest BCUT2D eigenvalue weighted by molar-refractivity contribution is 0.153. The van der Waals surface area contributed by atoms with E-state index < -0.39 is 0 Å². The number of likely N-dealkylation sites (N-methyl/N-ethyl adjacent to an activating group) is 1. The fourth-order valence-electron chi connectivity index (χ4n) is 4.49. The van der Waals surface area contributed by atoms with Gasteiger partial charge in [-0.3, -0.25) is 4.98 Å². The fourth-order valence-corrected chi connectivity index (χ4v) is 4.49. The highest BCUT2D eigenvalue weighted by atomic mass is 15.3. The number of nitrogens with zero attached hydrogens (tertiary/aromatic N) is 6. The van der Waals surface area contributed by atoms with Gasteiger partial charge in [0.15, 0.2) is 5.65 Å². The maximum absolute atomic E-state index is 4.75. The van der Waals surface area contributed by atoms with Crippen molar-refractivity contribution in [1.29, 1.82) is 0 Å². The number of benzene rings is 1. The molecule has 0 saturated carbocycles. The van der Waals surface area contributed by atoms with Crippen molar-refractivity contribution in [3.05, 3.63) is 72.4 Å². The summed E-state index contributed by atoms with van der Waals surface area (Å²) in [5.74, 6) is 0. The van der Waals surface area contributed by atoms with Gasteiger partial charge in [-0.25, -0.2) is 9.50 Å². The molecule has 6 nitrogen and oxygen atoms in total. The van der Waals surface area contributed by atoms with E-state index in [2.05, 4.69) is 52.3 Å². The largest absolute Gasteiger partial charge is 0.304 e. The molecule has 4 aromatic rings. The maximum Gasteiger partial charge on any atom is 0.163 e. The Labute approximate surface area is 189 Å². The van der Waals surface area contributed by atoms with Crippen LogP contribution in [-0.4, -0.2) is 69.2 Å². The Bertz CT molecular complexity index is 1170. The second-order valence-electron chi connectivity index (χ2n) is 8.75. The minimum atomic E-state index is 0.873. The van der Waals surface area contributed by atoms with E-state index >= 15 is 0 Å². The fraction of sp³-hybridized carbons (Fsp3) is 0.346. The molecule has 1 aromatic carbocycles. The Morgan fingerprint density at radius 3 is 2.38 bits per heavy atom. The smallest absolute Gasteiger partial charge is 0.163 e. The maximum atomic E-state index is 4.75. The summed E-state index contributed by atoms with van der Waals surface area (Å²) in [6.45, 7) is 7.98. The second kappa shape index (κ2) is 9.18. The normalized spacial score (nSPS) is 15.4. The predicted octanol–water partition coefficient (Wildman–Crippen LogP) is 3.95. The Morgan fingerprint density at radius 2 is 1.62 bits per heavy atom. The van der Waals surface area contributed by atoms with Crippen molar-refractivity contribution in [2.75, 3.05) is 39.8 Å². The number of piperazine rings is 1. The molecule has 1 aliphatic heterocycles. The molecule has 6 heteroatoms. The van der Waals surface area contributed by atoms with E-state index in [4.69, 9.17) is 10.1 Å². The van der Waals surface area contributed by atoms with E-state index in [0.717, 1.165) is 34.5 Å². The van der Waals surface area contributed by atoms with Crippen LogP contribution in [0.2, 0.25) is 0 Å². The standard InChI is InChI=1S/C26H30N6/c1-20-25(23-9-11-27-12-10-23)26-28-18-24(19-32(26)29-20)22-7-5-21(6-8-22)4-3-13-31-16-14-30(2)15-17-31/h5-12,18-19H,3-4,13-17H2,1-2H3. The quantitative estimate of drug-likeness (QED) is 0.467. The first-order valence-electron chi connectivity index (χ1n) is 11.4. The molecule has 0 spiro atoms. The third kappa shape index (κ3) is 4.42. The third-order valence-electron chi connectivity index (χ3n) is 6.44. The summed E-state index contributed by atoms with van der Waals surface area (Å²) in [6, 6.07) is 12.9. The van der Waals surface area contributed by atoms with E-state index in [1.54, 1.807) is 12.4 Å². The minimum Gasteiger partial charge on any atom is -0.304 e. The number of aryl methyl sites for hydroxylation is 2. The molecule has 0 N–H and O–H groups in total. The number of pyridine rings is 1. The summed E-state index contributed by atoms with van der Waals surface area (Å²) in [7, 11) is 2.21. The zero-order chi connectivity index (χ0) is 21.9. The molecule has 5 rings (SSSR count). The van der Waals surface area contributed by atoms with Gasteiger partial charge in [0.1, 0.15) is 0 Å². The van der Waals surface area contributed by atoms with Crippen LogP contribution in [-0.2, 0) is 6.42 Å². The van der Waals surface area contributed by atoms with Crippen molar-refractivity contribution in [3.8, 4) is 22.3 Å². The average Bonchev–Trinajstić information content (AvgIpc) is 3.16. The topological polar surface area (TPSA) is 49.6 Å². The van der Waals surface area contributed by atoms with Gasteiger partial charge < -0.3 is 9.80 Å². The van der Waals surface area contributed by atoms with Crippen molar-refractivity contribution in [2.24, 2.45) is 0 Å². The lowest BCUT2D eigenvalue weighted by Gasteiger charge is -2.32. The van der Waals surface area contributed by atoms with Gasteiger partial charge in [-0.2, -0.15) is 5.10 Å². The molecule has 4 heterocycles. The molecular weight excluding hydrogens is 396 g/mol. The molecule has 1 saturated heterocycles. The molecule has 0 amide bonds. The number of fused-ring (bicyclic) bond motifs is 1. The van der Waals surface area contributed by atoms with Crippen LogP contribution >= 0.6 is 0 Å². The molecule has 0 aliphatic carbocycles. The highest BCUT2D eigenvalue weighted by molar-refractivity contribution is 5.80. The predicted molar refractivity (Wildman–Crippen MR) is 129 cm³/mol. The molecule has 1 aliphatic rings. The van der Waals surface area contributed by atoms with Gasteiger partial charge in [0.25, 0.3) is 0 Å². The van der Waals surface area contributed by atoms with Gasteiger partial charge in [0.2, 0.25) is 0 Å². The average molecular weight is 427 g/mol. The monoisotopic (exact) mass is 426 g/mol. The van der Waals surface area contributed by atoms with E-state index in [1.807, 2.05) is 29.8 Å². The highest BCUT2D eigenvalue weighted by Crippen LogP contribution is 2.28. The second-order valence-corrected chi connectivity index (χ2v) is 8.75. The molecule has 0 bridgehead atoms. The van der Waals surface area contributed by atoms with E-state index in [1.165, 1.54) is 50.3 Å². The van der Waals surface area contributed by atoms with Gasteiger partial charge in [-0.05, 0) is 62.2 Å². The summed E-state index contributed by atoms with van der Waals surface area (Å²) < 4.78 is 1.89. The molecular formula is C26H30N6. The summed E-state index contributed by atoms with van der Waals surface area (Å²) >= 11 is 0. The van der Waals surface area contributed by atoms with Gasteiger partial charge in [-0.15, -0.1) is 0 Å². The first-order valence-corrected chi connectivity index (χ1v) is 11.4. The number of rotatable bonds is 6. The van der Waals surface area contributed by atoms with Crippen molar-refractivity contribution >= 4 is 5.65 Å². The van der Waals surface area contributed by atoms with Crippen LogP contribution in [0.1, 0.15) is 17.7 Å². The Kier molecular flexibility index (Phi) is 5.97.